The van der Waals surface area contributed by atoms with Crippen molar-refractivity contribution in [2.75, 3.05) is 0 Å². The summed E-state index contributed by atoms with van der Waals surface area (Å²) in [7, 11) is 0. The molecule has 0 fully saturated rings. The van der Waals surface area contributed by atoms with Crippen LogP contribution in [0.2, 0.25) is 0 Å². The summed E-state index contributed by atoms with van der Waals surface area (Å²) >= 11 is 0. The van der Waals surface area contributed by atoms with Crippen molar-refractivity contribution in [3.05, 3.63) is 0 Å². The Bertz CT molecular complexity index is 142. The van der Waals surface area contributed by atoms with Crippen molar-refractivity contribution in [2.45, 2.75) is 25.3 Å². The van der Waals surface area contributed by atoms with Crippen LogP contribution in [0.15, 0.2) is 0 Å². The highest BCUT2D eigenvalue weighted by atomic mass is 16.4. The molecule has 0 aromatic heterocycles. The van der Waals surface area contributed by atoms with E-state index >= 15 is 0 Å². The van der Waals surface area contributed by atoms with Gasteiger partial charge in [-0.1, -0.05) is 0 Å². The van der Waals surface area contributed by atoms with E-state index in [0.717, 1.165) is 0 Å². The summed E-state index contributed by atoms with van der Waals surface area (Å²) in [5.41, 5.74) is 4.16. The number of carbonyl (C=O) groups excluding carboxylic acids is 1. The van der Waals surface area contributed by atoms with Crippen LogP contribution in [-0.2, 0) is 9.59 Å². The van der Waals surface area contributed by atoms with Crippen LogP contribution < -0.4 is 5.73 Å². The molecule has 10 heavy (non-hydrogen) atoms. The topological polar surface area (TPSA) is 80.4 Å². The molecule has 4 heteroatoms. The molecule has 0 heterocycles. The van der Waals surface area contributed by atoms with E-state index in [2.05, 4.69) is 0 Å². The number of aliphatic carboxylic acids is 1. The average molecular weight is 144 g/mol. The summed E-state index contributed by atoms with van der Waals surface area (Å²) in [6.45, 7) is 1.45. The standard InChI is InChI=1S/C6H10NO3/c1-6(7,4-8)3-2-5(9)10/h2-3,7H2,1H3,(H,9,10)/t6-/m0/s1. The van der Waals surface area contributed by atoms with Crippen LogP contribution >= 0.6 is 0 Å². The highest BCUT2D eigenvalue weighted by Crippen LogP contribution is 2.04. The molecule has 4 nitrogen and oxygen atoms in total. The second-order valence-corrected chi connectivity index (χ2v) is 2.41. The van der Waals surface area contributed by atoms with Crippen molar-refractivity contribution in [1.82, 2.24) is 0 Å². The molecule has 0 aliphatic heterocycles. The number of carboxylic acid groups (broad SMARTS) is 1. The fourth-order valence-electron chi connectivity index (χ4n) is 0.418. The number of rotatable bonds is 4. The number of carboxylic acids is 1. The maximum atomic E-state index is 10.00. The first kappa shape index (κ1) is 9.10. The zero-order valence-electron chi connectivity index (χ0n) is 5.76. The minimum atomic E-state index is -1.11. The molecule has 0 saturated heterocycles. The third-order valence-corrected chi connectivity index (χ3v) is 1.09. The van der Waals surface area contributed by atoms with Crippen molar-refractivity contribution in [3.63, 3.8) is 0 Å². The Labute approximate surface area is 59.0 Å². The second-order valence-electron chi connectivity index (χ2n) is 2.41. The van der Waals surface area contributed by atoms with Gasteiger partial charge in [-0.15, -0.1) is 0 Å². The van der Waals surface area contributed by atoms with Crippen LogP contribution in [0.5, 0.6) is 0 Å². The van der Waals surface area contributed by atoms with E-state index in [1.807, 2.05) is 0 Å². The summed E-state index contributed by atoms with van der Waals surface area (Å²) in [4.78, 5) is 20.0. The van der Waals surface area contributed by atoms with Gasteiger partial charge in [0.15, 0.2) is 0 Å². The number of hydrogen-bond acceptors (Lipinski definition) is 3. The predicted molar refractivity (Wildman–Crippen MR) is 35.2 cm³/mol. The molecule has 57 valence electrons. The molecule has 0 aliphatic carbocycles. The fraction of sp³-hybridized carbons (Fsp3) is 0.667. The Balaban J connectivity index is 3.67. The highest BCUT2D eigenvalue weighted by Gasteiger charge is 2.19. The molecule has 0 unspecified atom stereocenters. The quantitative estimate of drug-likeness (QED) is 0.566. The average Bonchev–Trinajstić information content (AvgIpc) is 1.85. The van der Waals surface area contributed by atoms with Crippen LogP contribution in [0, 0.1) is 0 Å². The van der Waals surface area contributed by atoms with Gasteiger partial charge < -0.3 is 10.8 Å². The lowest BCUT2D eigenvalue weighted by molar-refractivity contribution is -0.137. The number of hydrogen-bond donors (Lipinski definition) is 2. The van der Waals surface area contributed by atoms with E-state index in [4.69, 9.17) is 10.8 Å². The predicted octanol–water partition coefficient (Wildman–Crippen LogP) is -0.322. The summed E-state index contributed by atoms with van der Waals surface area (Å²) < 4.78 is 0. The molecule has 0 spiro atoms. The Morgan fingerprint density at radius 2 is 2.30 bits per heavy atom. The molecular formula is C6H10NO3. The molecule has 0 rings (SSSR count). The molecule has 3 N–H and O–H groups in total. The second kappa shape index (κ2) is 3.31. The highest BCUT2D eigenvalue weighted by molar-refractivity contribution is 5.69. The monoisotopic (exact) mass is 144 g/mol. The van der Waals surface area contributed by atoms with Gasteiger partial charge in [0.2, 0.25) is 6.29 Å². The van der Waals surface area contributed by atoms with Crippen molar-refractivity contribution < 1.29 is 14.7 Å². The Kier molecular flexibility index (Phi) is 3.02. The maximum Gasteiger partial charge on any atom is 0.303 e. The molecule has 1 atom stereocenters. The van der Waals surface area contributed by atoms with Gasteiger partial charge in [-0.3, -0.25) is 9.59 Å². The van der Waals surface area contributed by atoms with Gasteiger partial charge in [0, 0.05) is 6.42 Å². The van der Waals surface area contributed by atoms with Crippen LogP contribution in [0.1, 0.15) is 19.8 Å². The molecule has 0 aromatic rings. The summed E-state index contributed by atoms with van der Waals surface area (Å²) in [5.74, 6) is -0.952. The van der Waals surface area contributed by atoms with Crippen molar-refractivity contribution in [3.8, 4) is 0 Å². The lowest BCUT2D eigenvalue weighted by Gasteiger charge is -2.12. The zero-order chi connectivity index (χ0) is 8.20. The van der Waals surface area contributed by atoms with Gasteiger partial charge in [-0.2, -0.15) is 0 Å². The third-order valence-electron chi connectivity index (χ3n) is 1.09. The van der Waals surface area contributed by atoms with Gasteiger partial charge in [-0.25, -0.2) is 0 Å². The first-order valence-corrected chi connectivity index (χ1v) is 2.88. The maximum absolute atomic E-state index is 10.00. The Morgan fingerprint density at radius 3 is 2.60 bits per heavy atom. The molecule has 0 amide bonds. The van der Waals surface area contributed by atoms with Gasteiger partial charge in [0.25, 0.3) is 0 Å². The molecular weight excluding hydrogens is 134 g/mol. The molecule has 1 radical (unpaired) electrons. The van der Waals surface area contributed by atoms with Gasteiger partial charge in [0.05, 0.1) is 5.54 Å². The van der Waals surface area contributed by atoms with E-state index in [1.54, 1.807) is 6.29 Å². The number of nitrogens with two attached hydrogens (primary N) is 1. The molecule has 0 bridgehead atoms. The van der Waals surface area contributed by atoms with E-state index < -0.39 is 11.5 Å². The lowest BCUT2D eigenvalue weighted by Crippen LogP contribution is -2.38. The van der Waals surface area contributed by atoms with Gasteiger partial charge >= 0.3 is 5.97 Å². The summed E-state index contributed by atoms with van der Waals surface area (Å²) in [5, 5.41) is 8.19. The SMILES string of the molecule is C[C@@](N)([C]=O)CCC(=O)O. The minimum absolute atomic E-state index is 0.0950. The van der Waals surface area contributed by atoms with E-state index in [0.29, 0.717) is 0 Å². The van der Waals surface area contributed by atoms with E-state index in [1.165, 1.54) is 6.92 Å². The summed E-state index contributed by atoms with van der Waals surface area (Å²) in [6.07, 6.45) is 1.60. The third kappa shape index (κ3) is 4.03. The van der Waals surface area contributed by atoms with Gasteiger partial charge in [0.1, 0.15) is 0 Å². The first-order valence-electron chi connectivity index (χ1n) is 2.88. The smallest absolute Gasteiger partial charge is 0.303 e. The minimum Gasteiger partial charge on any atom is -0.481 e. The van der Waals surface area contributed by atoms with Crippen LogP contribution in [0.4, 0.5) is 0 Å². The Morgan fingerprint density at radius 1 is 1.80 bits per heavy atom. The van der Waals surface area contributed by atoms with Crippen LogP contribution in [-0.4, -0.2) is 22.9 Å². The molecule has 0 aromatic carbocycles. The van der Waals surface area contributed by atoms with Crippen molar-refractivity contribution in [1.29, 1.82) is 0 Å². The largest absolute Gasteiger partial charge is 0.481 e. The van der Waals surface area contributed by atoms with E-state index in [-0.39, 0.29) is 12.8 Å². The van der Waals surface area contributed by atoms with Crippen molar-refractivity contribution in [2.24, 2.45) is 5.73 Å². The number of carbonyl (C=O) groups is 1. The Hall–Kier alpha value is -0.900. The van der Waals surface area contributed by atoms with Crippen LogP contribution in [0.3, 0.4) is 0 Å². The summed E-state index contributed by atoms with van der Waals surface area (Å²) in [6, 6.07) is 0. The normalized spacial score (nSPS) is 15.8. The molecule has 0 saturated carbocycles. The lowest BCUT2D eigenvalue weighted by atomic mass is 10.00. The first-order chi connectivity index (χ1) is 4.48. The fourth-order valence-corrected chi connectivity index (χ4v) is 0.418. The van der Waals surface area contributed by atoms with Crippen molar-refractivity contribution >= 4 is 12.3 Å². The van der Waals surface area contributed by atoms with E-state index in [9.17, 15) is 9.59 Å². The zero-order valence-corrected chi connectivity index (χ0v) is 5.76. The van der Waals surface area contributed by atoms with Crippen LogP contribution in [0.25, 0.3) is 0 Å². The van der Waals surface area contributed by atoms with Gasteiger partial charge in [-0.05, 0) is 13.3 Å². The molecule has 0 aliphatic rings.